The summed E-state index contributed by atoms with van der Waals surface area (Å²) in [7, 11) is 0. The zero-order valence-corrected chi connectivity index (χ0v) is 14.6. The molecule has 1 fully saturated rings. The number of piperazine rings is 1. The summed E-state index contributed by atoms with van der Waals surface area (Å²) in [4.78, 5) is 4.41. The molecule has 0 radical (unpaired) electrons. The normalized spacial score (nSPS) is 17.7. The van der Waals surface area contributed by atoms with E-state index in [9.17, 15) is 13.2 Å². The van der Waals surface area contributed by atoms with Gasteiger partial charge >= 0.3 is 6.18 Å². The molecule has 0 aromatic heterocycles. The molecule has 1 heterocycles. The van der Waals surface area contributed by atoms with Crippen LogP contribution in [0.25, 0.3) is 0 Å². The van der Waals surface area contributed by atoms with E-state index in [0.29, 0.717) is 0 Å². The number of anilines is 1. The zero-order chi connectivity index (χ0) is 17.6. The second-order valence-electron chi connectivity index (χ2n) is 6.22. The summed E-state index contributed by atoms with van der Waals surface area (Å²) in [6, 6.07) is 7.89. The molecule has 0 unspecified atom stereocenters. The Morgan fingerprint density at radius 1 is 1.08 bits per heavy atom. The predicted octanol–water partition coefficient (Wildman–Crippen LogP) is 3.82. The van der Waals surface area contributed by atoms with Crippen LogP contribution in [0, 0.1) is 0 Å². The molecule has 6 heteroatoms. The van der Waals surface area contributed by atoms with Crippen LogP contribution in [0.4, 0.5) is 18.9 Å². The van der Waals surface area contributed by atoms with Crippen molar-refractivity contribution < 1.29 is 13.2 Å². The van der Waals surface area contributed by atoms with Crippen molar-refractivity contribution in [2.45, 2.75) is 38.9 Å². The van der Waals surface area contributed by atoms with E-state index in [2.05, 4.69) is 29.0 Å². The lowest BCUT2D eigenvalue weighted by Gasteiger charge is -2.35. The maximum atomic E-state index is 12.7. The maximum absolute atomic E-state index is 12.7. The van der Waals surface area contributed by atoms with Crippen molar-refractivity contribution in [2.75, 3.05) is 44.2 Å². The molecule has 24 heavy (non-hydrogen) atoms. The molecule has 1 saturated heterocycles. The Morgan fingerprint density at radius 2 is 1.67 bits per heavy atom. The van der Waals surface area contributed by atoms with Gasteiger partial charge in [-0.2, -0.15) is 13.2 Å². The molecule has 2 rings (SSSR count). The zero-order valence-electron chi connectivity index (χ0n) is 14.6. The molecule has 1 aromatic carbocycles. The van der Waals surface area contributed by atoms with Crippen LogP contribution in [-0.2, 0) is 0 Å². The van der Waals surface area contributed by atoms with Crippen LogP contribution in [0.1, 0.15) is 38.3 Å². The van der Waals surface area contributed by atoms with Crippen LogP contribution >= 0.6 is 0 Å². The lowest BCUT2D eigenvalue weighted by Crippen LogP contribution is -2.45. The topological polar surface area (TPSA) is 18.5 Å². The van der Waals surface area contributed by atoms with E-state index < -0.39 is 12.6 Å². The molecule has 136 valence electrons. The minimum absolute atomic E-state index is 0.119. The molecule has 0 spiro atoms. The van der Waals surface area contributed by atoms with Crippen molar-refractivity contribution in [3.63, 3.8) is 0 Å². The highest BCUT2D eigenvalue weighted by Crippen LogP contribution is 2.32. The number of halogens is 3. The van der Waals surface area contributed by atoms with Crippen molar-refractivity contribution in [3.8, 4) is 0 Å². The van der Waals surface area contributed by atoms with Gasteiger partial charge in [0.25, 0.3) is 0 Å². The first-order chi connectivity index (χ1) is 11.4. The number of benzene rings is 1. The van der Waals surface area contributed by atoms with Gasteiger partial charge in [0, 0.05) is 57.4 Å². The monoisotopic (exact) mass is 343 g/mol. The van der Waals surface area contributed by atoms with E-state index >= 15 is 0 Å². The molecule has 0 bridgehead atoms. The Kier molecular flexibility index (Phi) is 6.92. The summed E-state index contributed by atoms with van der Waals surface area (Å²) in [6.45, 7) is 9.30. The summed E-state index contributed by atoms with van der Waals surface area (Å²) < 4.78 is 38.2. The molecule has 1 aromatic rings. The fourth-order valence-corrected chi connectivity index (χ4v) is 3.35. The third-order valence-electron chi connectivity index (χ3n) is 4.70. The highest BCUT2D eigenvalue weighted by atomic mass is 19.4. The molecule has 0 saturated carbocycles. The van der Waals surface area contributed by atoms with Crippen molar-refractivity contribution in [1.82, 2.24) is 10.2 Å². The van der Waals surface area contributed by atoms with E-state index in [-0.39, 0.29) is 12.5 Å². The Hall–Kier alpha value is -1.27. The van der Waals surface area contributed by atoms with Crippen LogP contribution in [0.15, 0.2) is 24.3 Å². The highest BCUT2D eigenvalue weighted by molar-refractivity contribution is 5.47. The predicted molar refractivity (Wildman–Crippen MR) is 92.5 cm³/mol. The van der Waals surface area contributed by atoms with Gasteiger partial charge < -0.3 is 10.2 Å². The van der Waals surface area contributed by atoms with E-state index in [1.807, 2.05) is 24.3 Å². The van der Waals surface area contributed by atoms with E-state index in [4.69, 9.17) is 0 Å². The molecular formula is C18H28F3N3. The maximum Gasteiger partial charge on any atom is 0.389 e. The molecule has 1 N–H and O–H groups in total. The first-order valence-electron chi connectivity index (χ1n) is 8.81. The van der Waals surface area contributed by atoms with Crippen LogP contribution in [0.5, 0.6) is 0 Å². The van der Waals surface area contributed by atoms with Gasteiger partial charge in [-0.25, -0.2) is 0 Å². The number of alkyl halides is 3. The van der Waals surface area contributed by atoms with E-state index in [1.165, 1.54) is 0 Å². The number of nitrogens with one attached hydrogen (secondary N) is 1. The smallest absolute Gasteiger partial charge is 0.372 e. The lowest BCUT2D eigenvalue weighted by molar-refractivity contribution is -0.138. The Balaban J connectivity index is 2.15. The number of rotatable bonds is 7. The first kappa shape index (κ1) is 19.1. The molecule has 0 amide bonds. The van der Waals surface area contributed by atoms with Gasteiger partial charge in [-0.3, -0.25) is 4.90 Å². The van der Waals surface area contributed by atoms with Gasteiger partial charge in [-0.1, -0.05) is 12.1 Å². The van der Waals surface area contributed by atoms with E-state index in [1.54, 1.807) is 0 Å². The van der Waals surface area contributed by atoms with Gasteiger partial charge in [0.05, 0.1) is 0 Å². The standard InChI is InChI=1S/C18H28F3N3/c1-3-23(4-2)16-7-5-15(6-8-16)17(9-10-18(19,20)21)24-13-11-22-12-14-24/h5-8,17,22H,3-4,9-14H2,1-2H3/t17-/m0/s1. The summed E-state index contributed by atoms with van der Waals surface area (Å²) >= 11 is 0. The third kappa shape index (κ3) is 5.38. The molecule has 1 aliphatic heterocycles. The minimum atomic E-state index is -4.10. The quantitative estimate of drug-likeness (QED) is 0.812. The highest BCUT2D eigenvalue weighted by Gasteiger charge is 2.31. The van der Waals surface area contributed by atoms with Gasteiger partial charge in [-0.15, -0.1) is 0 Å². The summed E-state index contributed by atoms with van der Waals surface area (Å²) in [5.41, 5.74) is 2.11. The third-order valence-corrected chi connectivity index (χ3v) is 4.70. The van der Waals surface area contributed by atoms with Gasteiger partial charge in [0.15, 0.2) is 0 Å². The van der Waals surface area contributed by atoms with Crippen LogP contribution < -0.4 is 10.2 Å². The SMILES string of the molecule is CCN(CC)c1ccc([C@H](CCC(F)(F)F)N2CCNCC2)cc1. The number of hydrogen-bond acceptors (Lipinski definition) is 3. The molecule has 1 aliphatic rings. The van der Waals surface area contributed by atoms with Crippen LogP contribution in [-0.4, -0.2) is 50.3 Å². The Morgan fingerprint density at radius 3 is 2.17 bits per heavy atom. The average molecular weight is 343 g/mol. The van der Waals surface area contributed by atoms with Crippen molar-refractivity contribution in [3.05, 3.63) is 29.8 Å². The van der Waals surface area contributed by atoms with Gasteiger partial charge in [0.2, 0.25) is 0 Å². The molecular weight excluding hydrogens is 315 g/mol. The Labute approximate surface area is 142 Å². The number of nitrogens with zero attached hydrogens (tertiary/aromatic N) is 2. The fraction of sp³-hybridized carbons (Fsp3) is 0.667. The van der Waals surface area contributed by atoms with Crippen LogP contribution in [0.2, 0.25) is 0 Å². The largest absolute Gasteiger partial charge is 0.389 e. The first-order valence-corrected chi connectivity index (χ1v) is 8.81. The fourth-order valence-electron chi connectivity index (χ4n) is 3.35. The summed E-state index contributed by atoms with van der Waals surface area (Å²) in [5.74, 6) is 0. The molecule has 0 aliphatic carbocycles. The second kappa shape index (κ2) is 8.72. The number of hydrogen-bond donors (Lipinski definition) is 1. The molecule has 1 atom stereocenters. The van der Waals surface area contributed by atoms with Gasteiger partial charge in [0.1, 0.15) is 0 Å². The average Bonchev–Trinajstić information content (AvgIpc) is 2.57. The second-order valence-corrected chi connectivity index (χ2v) is 6.22. The Bertz CT molecular complexity index is 477. The van der Waals surface area contributed by atoms with Gasteiger partial charge in [-0.05, 0) is 38.0 Å². The summed E-state index contributed by atoms with van der Waals surface area (Å²) in [5, 5.41) is 3.26. The lowest BCUT2D eigenvalue weighted by atomic mass is 9.99. The van der Waals surface area contributed by atoms with Crippen molar-refractivity contribution >= 4 is 5.69 Å². The van der Waals surface area contributed by atoms with Crippen LogP contribution in [0.3, 0.4) is 0 Å². The van der Waals surface area contributed by atoms with Crippen molar-refractivity contribution in [2.24, 2.45) is 0 Å². The summed E-state index contributed by atoms with van der Waals surface area (Å²) in [6.07, 6.45) is -4.72. The molecule has 3 nitrogen and oxygen atoms in total. The van der Waals surface area contributed by atoms with Crippen molar-refractivity contribution in [1.29, 1.82) is 0 Å². The minimum Gasteiger partial charge on any atom is -0.372 e. The van der Waals surface area contributed by atoms with E-state index in [0.717, 1.165) is 50.5 Å².